The van der Waals surface area contributed by atoms with Crippen molar-refractivity contribution in [2.45, 2.75) is 0 Å². The third-order valence-electron chi connectivity index (χ3n) is 1.67. The quantitative estimate of drug-likeness (QED) is 0.648. The van der Waals surface area contributed by atoms with Gasteiger partial charge in [0.25, 0.3) is 0 Å². The number of hydrogen-bond donors (Lipinski definition) is 1. The minimum Gasteiger partial charge on any atom is -0.398 e. The molecule has 0 fully saturated rings. The molecule has 3 heteroatoms. The Balaban J connectivity index is 2.55. The molecule has 3 nitrogen and oxygen atoms in total. The van der Waals surface area contributed by atoms with Gasteiger partial charge in [-0.3, -0.25) is 0 Å². The van der Waals surface area contributed by atoms with Crippen LogP contribution in [-0.2, 0) is 0 Å². The highest BCUT2D eigenvalue weighted by Gasteiger charge is 2.02. The van der Waals surface area contributed by atoms with Crippen molar-refractivity contribution in [1.29, 1.82) is 0 Å². The van der Waals surface area contributed by atoms with Crippen LogP contribution in [0, 0.1) is 0 Å². The molecule has 1 aromatic heterocycles. The first-order chi connectivity index (χ1) is 5.88. The molecule has 0 spiro atoms. The van der Waals surface area contributed by atoms with Gasteiger partial charge in [0, 0.05) is 17.3 Å². The molecule has 2 aromatic rings. The van der Waals surface area contributed by atoms with Gasteiger partial charge in [0.2, 0.25) is 0 Å². The number of nitrogens with zero attached hydrogens (tertiary/aromatic N) is 1. The lowest BCUT2D eigenvalue weighted by atomic mass is 10.1. The second-order valence-electron chi connectivity index (χ2n) is 2.47. The minimum atomic E-state index is 0.714. The van der Waals surface area contributed by atoms with Gasteiger partial charge in [-0.2, -0.15) is 0 Å². The van der Waals surface area contributed by atoms with Crippen molar-refractivity contribution in [2.24, 2.45) is 0 Å². The normalized spacial score (nSPS) is 10.0. The third-order valence-corrected chi connectivity index (χ3v) is 1.67. The Morgan fingerprint density at radius 1 is 1.17 bits per heavy atom. The Labute approximate surface area is 69.8 Å². The summed E-state index contributed by atoms with van der Waals surface area (Å²) in [7, 11) is 0. The SMILES string of the molecule is Nc1ccccc1-c1ccon1. The summed E-state index contributed by atoms with van der Waals surface area (Å²) in [6, 6.07) is 9.34. The smallest absolute Gasteiger partial charge is 0.124 e. The number of para-hydroxylation sites is 1. The predicted octanol–water partition coefficient (Wildman–Crippen LogP) is 1.92. The molecule has 0 saturated carbocycles. The van der Waals surface area contributed by atoms with Gasteiger partial charge in [-0.05, 0) is 6.07 Å². The summed E-state index contributed by atoms with van der Waals surface area (Å²) < 4.78 is 4.72. The highest BCUT2D eigenvalue weighted by Crippen LogP contribution is 2.22. The van der Waals surface area contributed by atoms with E-state index in [0.29, 0.717) is 5.69 Å². The molecule has 0 amide bonds. The molecule has 2 N–H and O–H groups in total. The van der Waals surface area contributed by atoms with E-state index in [-0.39, 0.29) is 0 Å². The summed E-state index contributed by atoms with van der Waals surface area (Å²) in [5.41, 5.74) is 8.12. The molecule has 1 heterocycles. The highest BCUT2D eigenvalue weighted by molar-refractivity contribution is 5.72. The zero-order valence-electron chi connectivity index (χ0n) is 6.40. The fourth-order valence-electron chi connectivity index (χ4n) is 1.08. The van der Waals surface area contributed by atoms with Crippen molar-refractivity contribution in [1.82, 2.24) is 5.16 Å². The average Bonchev–Trinajstić information content (AvgIpc) is 2.57. The van der Waals surface area contributed by atoms with Gasteiger partial charge in [-0.1, -0.05) is 23.4 Å². The standard InChI is InChI=1S/C9H8N2O/c10-8-4-2-1-3-7(8)9-5-6-12-11-9/h1-6H,10H2. The first-order valence-electron chi connectivity index (χ1n) is 3.63. The fraction of sp³-hybridized carbons (Fsp3) is 0. The number of nitrogens with two attached hydrogens (primary N) is 1. The summed E-state index contributed by atoms with van der Waals surface area (Å²) in [5, 5.41) is 3.79. The van der Waals surface area contributed by atoms with Crippen LogP contribution in [0.1, 0.15) is 0 Å². The number of nitrogen functional groups attached to an aromatic ring is 1. The topological polar surface area (TPSA) is 52.0 Å². The molecule has 0 aliphatic rings. The Morgan fingerprint density at radius 2 is 2.00 bits per heavy atom. The maximum atomic E-state index is 5.73. The summed E-state index contributed by atoms with van der Waals surface area (Å²) in [4.78, 5) is 0. The summed E-state index contributed by atoms with van der Waals surface area (Å²) in [6.45, 7) is 0. The van der Waals surface area contributed by atoms with Crippen molar-refractivity contribution < 1.29 is 4.52 Å². The molecular formula is C9H8N2O. The van der Waals surface area contributed by atoms with Crippen molar-refractivity contribution in [3.8, 4) is 11.3 Å². The molecule has 2 rings (SSSR count). The Kier molecular flexibility index (Phi) is 1.55. The van der Waals surface area contributed by atoms with Gasteiger partial charge in [0.15, 0.2) is 0 Å². The molecule has 0 saturated heterocycles. The number of rotatable bonds is 1. The van der Waals surface area contributed by atoms with Gasteiger partial charge in [0.1, 0.15) is 12.0 Å². The lowest BCUT2D eigenvalue weighted by molar-refractivity contribution is 0.422. The second kappa shape index (κ2) is 2.70. The van der Waals surface area contributed by atoms with Crippen LogP contribution in [0.15, 0.2) is 41.1 Å². The fourth-order valence-corrected chi connectivity index (χ4v) is 1.08. The third kappa shape index (κ3) is 1.05. The Hall–Kier alpha value is -1.77. The molecule has 0 aliphatic carbocycles. The van der Waals surface area contributed by atoms with Crippen LogP contribution < -0.4 is 5.73 Å². The van der Waals surface area contributed by atoms with Crippen LogP contribution in [0.2, 0.25) is 0 Å². The number of aromatic nitrogens is 1. The number of hydrogen-bond acceptors (Lipinski definition) is 3. The minimum absolute atomic E-state index is 0.714. The van der Waals surface area contributed by atoms with E-state index in [2.05, 4.69) is 5.16 Å². The van der Waals surface area contributed by atoms with Crippen molar-refractivity contribution in [2.75, 3.05) is 5.73 Å². The number of benzene rings is 1. The molecular weight excluding hydrogens is 152 g/mol. The van der Waals surface area contributed by atoms with Crippen LogP contribution in [0.4, 0.5) is 5.69 Å². The average molecular weight is 160 g/mol. The van der Waals surface area contributed by atoms with Crippen LogP contribution in [0.25, 0.3) is 11.3 Å². The molecule has 0 radical (unpaired) electrons. The van der Waals surface area contributed by atoms with E-state index in [4.69, 9.17) is 10.3 Å². The van der Waals surface area contributed by atoms with Gasteiger partial charge < -0.3 is 10.3 Å². The second-order valence-corrected chi connectivity index (χ2v) is 2.47. The van der Waals surface area contributed by atoms with Gasteiger partial charge in [-0.15, -0.1) is 0 Å². The first-order valence-corrected chi connectivity index (χ1v) is 3.63. The van der Waals surface area contributed by atoms with E-state index < -0.39 is 0 Å². The van der Waals surface area contributed by atoms with E-state index in [9.17, 15) is 0 Å². The van der Waals surface area contributed by atoms with E-state index in [0.717, 1.165) is 11.3 Å². The largest absolute Gasteiger partial charge is 0.398 e. The highest BCUT2D eigenvalue weighted by atomic mass is 16.5. The lowest BCUT2D eigenvalue weighted by Crippen LogP contribution is -1.88. The van der Waals surface area contributed by atoms with Crippen LogP contribution in [0.3, 0.4) is 0 Å². The maximum absolute atomic E-state index is 5.73. The van der Waals surface area contributed by atoms with Gasteiger partial charge >= 0.3 is 0 Å². The van der Waals surface area contributed by atoms with Gasteiger partial charge in [0.05, 0.1) is 0 Å². The molecule has 0 unspecified atom stereocenters. The van der Waals surface area contributed by atoms with E-state index >= 15 is 0 Å². The van der Waals surface area contributed by atoms with Crippen molar-refractivity contribution >= 4 is 5.69 Å². The Bertz CT molecular complexity index is 368. The molecule has 12 heavy (non-hydrogen) atoms. The van der Waals surface area contributed by atoms with Crippen LogP contribution in [-0.4, -0.2) is 5.16 Å². The maximum Gasteiger partial charge on any atom is 0.124 e. The number of anilines is 1. The van der Waals surface area contributed by atoms with Crippen molar-refractivity contribution in [3.05, 3.63) is 36.6 Å². The molecule has 0 aliphatic heterocycles. The van der Waals surface area contributed by atoms with E-state index in [1.807, 2.05) is 24.3 Å². The predicted molar refractivity (Wildman–Crippen MR) is 46.4 cm³/mol. The monoisotopic (exact) mass is 160 g/mol. The van der Waals surface area contributed by atoms with Crippen LogP contribution >= 0.6 is 0 Å². The lowest BCUT2D eigenvalue weighted by Gasteiger charge is -1.98. The summed E-state index contributed by atoms with van der Waals surface area (Å²) in [6.07, 6.45) is 1.53. The van der Waals surface area contributed by atoms with E-state index in [1.165, 1.54) is 6.26 Å². The summed E-state index contributed by atoms with van der Waals surface area (Å²) >= 11 is 0. The van der Waals surface area contributed by atoms with Gasteiger partial charge in [-0.25, -0.2) is 0 Å². The Morgan fingerprint density at radius 3 is 2.67 bits per heavy atom. The zero-order chi connectivity index (χ0) is 8.39. The molecule has 1 aromatic carbocycles. The first kappa shape index (κ1) is 6.91. The van der Waals surface area contributed by atoms with Crippen molar-refractivity contribution in [3.63, 3.8) is 0 Å². The summed E-state index contributed by atoms with van der Waals surface area (Å²) in [5.74, 6) is 0. The van der Waals surface area contributed by atoms with E-state index in [1.54, 1.807) is 6.07 Å². The molecule has 60 valence electrons. The van der Waals surface area contributed by atoms with Crippen LogP contribution in [0.5, 0.6) is 0 Å². The zero-order valence-corrected chi connectivity index (χ0v) is 6.40. The molecule has 0 bridgehead atoms. The molecule has 0 atom stereocenters.